The van der Waals surface area contributed by atoms with Crippen LogP contribution < -0.4 is 4.74 Å². The van der Waals surface area contributed by atoms with Gasteiger partial charge in [0, 0.05) is 12.7 Å². The van der Waals surface area contributed by atoms with Crippen molar-refractivity contribution in [3.8, 4) is 5.75 Å². The lowest BCUT2D eigenvalue weighted by Gasteiger charge is -2.27. The largest absolute Gasteiger partial charge is 0.494 e. The Morgan fingerprint density at radius 1 is 1.04 bits per heavy atom. The van der Waals surface area contributed by atoms with Crippen molar-refractivity contribution in [2.45, 2.75) is 57.3 Å². The molecule has 4 heteroatoms. The molecule has 4 nitrogen and oxygen atoms in total. The fourth-order valence-corrected chi connectivity index (χ4v) is 3.49. The maximum Gasteiger partial charge on any atom is 0.330 e. The Kier molecular flexibility index (Phi) is 9.26. The van der Waals surface area contributed by atoms with Gasteiger partial charge in [-0.3, -0.25) is 0 Å². The van der Waals surface area contributed by atoms with Crippen LogP contribution in [0.4, 0.5) is 0 Å². The second-order valence-electron chi connectivity index (χ2n) is 7.10. The number of rotatable bonds is 11. The van der Waals surface area contributed by atoms with E-state index < -0.39 is 0 Å². The molecule has 0 saturated heterocycles. The van der Waals surface area contributed by atoms with Gasteiger partial charge >= 0.3 is 5.97 Å². The first kappa shape index (κ1) is 20.5. The SMILES string of the molecule is C=CC(=O)OCCCCCCOc1ccc(C2CCC(CO)CC2)cc1. The number of carbonyl (C=O) groups excluding carboxylic acids is 1. The molecule has 0 aromatic heterocycles. The van der Waals surface area contributed by atoms with Gasteiger partial charge in [0.25, 0.3) is 0 Å². The van der Waals surface area contributed by atoms with Crippen LogP contribution in [0.5, 0.6) is 5.75 Å². The third kappa shape index (κ3) is 7.20. The maximum atomic E-state index is 10.9. The predicted molar refractivity (Wildman–Crippen MR) is 103 cm³/mol. The van der Waals surface area contributed by atoms with Gasteiger partial charge in [-0.1, -0.05) is 18.7 Å². The number of benzene rings is 1. The zero-order valence-electron chi connectivity index (χ0n) is 15.7. The van der Waals surface area contributed by atoms with Crippen molar-refractivity contribution in [2.75, 3.05) is 19.8 Å². The molecule has 0 aliphatic heterocycles. The molecule has 0 amide bonds. The molecule has 144 valence electrons. The summed E-state index contributed by atoms with van der Waals surface area (Å²) in [6.45, 7) is 4.88. The highest BCUT2D eigenvalue weighted by Crippen LogP contribution is 2.36. The topological polar surface area (TPSA) is 55.8 Å². The first-order valence-corrected chi connectivity index (χ1v) is 9.85. The lowest BCUT2D eigenvalue weighted by molar-refractivity contribution is -0.137. The standard InChI is InChI=1S/C22H32O4/c1-2-22(24)26-16-6-4-3-5-15-25-21-13-11-20(12-14-21)19-9-7-18(17-23)8-10-19/h2,11-14,18-19,23H,1,3-10,15-17H2. The van der Waals surface area contributed by atoms with E-state index in [1.165, 1.54) is 24.5 Å². The summed E-state index contributed by atoms with van der Waals surface area (Å²) >= 11 is 0. The lowest BCUT2D eigenvalue weighted by Crippen LogP contribution is -2.16. The number of hydrogen-bond acceptors (Lipinski definition) is 4. The Bertz CT molecular complexity index is 530. The molecular weight excluding hydrogens is 328 g/mol. The van der Waals surface area contributed by atoms with Gasteiger partial charge in [-0.05, 0) is 80.9 Å². The van der Waals surface area contributed by atoms with Crippen molar-refractivity contribution in [3.05, 3.63) is 42.5 Å². The van der Waals surface area contributed by atoms with Crippen molar-refractivity contribution in [1.82, 2.24) is 0 Å². The molecule has 1 saturated carbocycles. The van der Waals surface area contributed by atoms with Crippen molar-refractivity contribution in [3.63, 3.8) is 0 Å². The summed E-state index contributed by atoms with van der Waals surface area (Å²) in [6.07, 6.45) is 9.79. The van der Waals surface area contributed by atoms with E-state index in [0.29, 0.717) is 31.7 Å². The summed E-state index contributed by atoms with van der Waals surface area (Å²) in [6, 6.07) is 8.52. The molecule has 0 atom stereocenters. The van der Waals surface area contributed by atoms with Crippen molar-refractivity contribution in [1.29, 1.82) is 0 Å². The van der Waals surface area contributed by atoms with Gasteiger partial charge < -0.3 is 14.6 Å². The van der Waals surface area contributed by atoms with Crippen LogP contribution in [0.2, 0.25) is 0 Å². The van der Waals surface area contributed by atoms with E-state index in [4.69, 9.17) is 9.47 Å². The first-order chi connectivity index (χ1) is 12.7. The zero-order chi connectivity index (χ0) is 18.6. The number of esters is 1. The molecule has 1 aliphatic carbocycles. The molecule has 0 spiro atoms. The smallest absolute Gasteiger partial charge is 0.330 e. The third-order valence-electron chi connectivity index (χ3n) is 5.17. The Labute approximate surface area is 157 Å². The second-order valence-corrected chi connectivity index (χ2v) is 7.10. The van der Waals surface area contributed by atoms with Crippen LogP contribution in [-0.2, 0) is 9.53 Å². The van der Waals surface area contributed by atoms with E-state index in [1.54, 1.807) is 0 Å². The number of carbonyl (C=O) groups is 1. The minimum Gasteiger partial charge on any atom is -0.494 e. The highest BCUT2D eigenvalue weighted by molar-refractivity contribution is 5.81. The summed E-state index contributed by atoms with van der Waals surface area (Å²) in [7, 11) is 0. The molecule has 0 heterocycles. The average Bonchev–Trinajstić information content (AvgIpc) is 2.70. The average molecular weight is 360 g/mol. The number of hydrogen-bond donors (Lipinski definition) is 1. The van der Waals surface area contributed by atoms with Crippen molar-refractivity contribution in [2.24, 2.45) is 5.92 Å². The Balaban J connectivity index is 1.56. The number of aliphatic hydroxyl groups excluding tert-OH is 1. The van der Waals surface area contributed by atoms with Crippen LogP contribution in [-0.4, -0.2) is 30.9 Å². The van der Waals surface area contributed by atoms with Crippen LogP contribution in [0.25, 0.3) is 0 Å². The molecular formula is C22H32O4. The number of unbranched alkanes of at least 4 members (excludes halogenated alkanes) is 3. The molecule has 0 unspecified atom stereocenters. The summed E-state index contributed by atoms with van der Waals surface area (Å²) in [5.74, 6) is 1.71. The van der Waals surface area contributed by atoms with E-state index in [0.717, 1.165) is 44.3 Å². The third-order valence-corrected chi connectivity index (χ3v) is 5.17. The molecule has 1 aliphatic rings. The highest BCUT2D eigenvalue weighted by atomic mass is 16.5. The molecule has 0 radical (unpaired) electrons. The van der Waals surface area contributed by atoms with Crippen LogP contribution in [0.1, 0.15) is 62.8 Å². The van der Waals surface area contributed by atoms with Crippen LogP contribution in [0.15, 0.2) is 36.9 Å². The molecule has 1 N–H and O–H groups in total. The Morgan fingerprint density at radius 2 is 1.69 bits per heavy atom. The molecule has 1 fully saturated rings. The normalized spacial score (nSPS) is 19.7. The summed E-state index contributed by atoms with van der Waals surface area (Å²) in [5.41, 5.74) is 1.39. The molecule has 1 aromatic carbocycles. The summed E-state index contributed by atoms with van der Waals surface area (Å²) < 4.78 is 10.8. The molecule has 2 rings (SSSR count). The van der Waals surface area contributed by atoms with Crippen LogP contribution >= 0.6 is 0 Å². The molecule has 1 aromatic rings. The minimum atomic E-state index is -0.349. The number of aliphatic hydroxyl groups is 1. The van der Waals surface area contributed by atoms with E-state index >= 15 is 0 Å². The zero-order valence-corrected chi connectivity index (χ0v) is 15.7. The van der Waals surface area contributed by atoms with Gasteiger partial charge in [-0.2, -0.15) is 0 Å². The highest BCUT2D eigenvalue weighted by Gasteiger charge is 2.21. The van der Waals surface area contributed by atoms with Gasteiger partial charge in [-0.15, -0.1) is 0 Å². The summed E-state index contributed by atoms with van der Waals surface area (Å²) in [5, 5.41) is 9.24. The molecule has 26 heavy (non-hydrogen) atoms. The van der Waals surface area contributed by atoms with Crippen molar-refractivity contribution < 1.29 is 19.4 Å². The van der Waals surface area contributed by atoms with E-state index in [9.17, 15) is 9.90 Å². The Morgan fingerprint density at radius 3 is 2.31 bits per heavy atom. The van der Waals surface area contributed by atoms with E-state index in [1.807, 2.05) is 0 Å². The van der Waals surface area contributed by atoms with Gasteiger partial charge in [0.05, 0.1) is 13.2 Å². The second kappa shape index (κ2) is 11.7. The summed E-state index contributed by atoms with van der Waals surface area (Å²) in [4.78, 5) is 10.9. The lowest BCUT2D eigenvalue weighted by atomic mass is 9.79. The van der Waals surface area contributed by atoms with E-state index in [-0.39, 0.29) is 5.97 Å². The fourth-order valence-electron chi connectivity index (χ4n) is 3.49. The van der Waals surface area contributed by atoms with Crippen LogP contribution in [0, 0.1) is 5.92 Å². The predicted octanol–water partition coefficient (Wildman–Crippen LogP) is 4.62. The quantitative estimate of drug-likeness (QED) is 0.355. The fraction of sp³-hybridized carbons (Fsp3) is 0.591. The van der Waals surface area contributed by atoms with Gasteiger partial charge in [0.15, 0.2) is 0 Å². The molecule has 0 bridgehead atoms. The monoisotopic (exact) mass is 360 g/mol. The van der Waals surface area contributed by atoms with Gasteiger partial charge in [0.1, 0.15) is 5.75 Å². The van der Waals surface area contributed by atoms with Gasteiger partial charge in [-0.25, -0.2) is 4.79 Å². The Hall–Kier alpha value is -1.81. The van der Waals surface area contributed by atoms with Crippen molar-refractivity contribution >= 4 is 5.97 Å². The maximum absolute atomic E-state index is 10.9. The van der Waals surface area contributed by atoms with Crippen LogP contribution in [0.3, 0.4) is 0 Å². The number of ether oxygens (including phenoxy) is 2. The minimum absolute atomic E-state index is 0.333. The van der Waals surface area contributed by atoms with Gasteiger partial charge in [0.2, 0.25) is 0 Å². The van der Waals surface area contributed by atoms with E-state index in [2.05, 4.69) is 30.8 Å². The first-order valence-electron chi connectivity index (χ1n) is 9.85.